The summed E-state index contributed by atoms with van der Waals surface area (Å²) in [6.45, 7) is 3.78. The van der Waals surface area contributed by atoms with Crippen LogP contribution in [0.5, 0.6) is 0 Å². The van der Waals surface area contributed by atoms with Crippen molar-refractivity contribution in [3.63, 3.8) is 0 Å². The van der Waals surface area contributed by atoms with Gasteiger partial charge in [-0.05, 0) is 30.7 Å². The third-order valence-electron chi connectivity index (χ3n) is 2.77. The van der Waals surface area contributed by atoms with E-state index in [-0.39, 0.29) is 0 Å². The third-order valence-corrected chi connectivity index (χ3v) is 2.77. The van der Waals surface area contributed by atoms with Crippen LogP contribution in [-0.4, -0.2) is 9.55 Å². The van der Waals surface area contributed by atoms with Gasteiger partial charge in [-0.25, -0.2) is 0 Å². The highest BCUT2D eigenvalue weighted by atomic mass is 15.0. The summed E-state index contributed by atoms with van der Waals surface area (Å²) in [4.78, 5) is 4.35. The summed E-state index contributed by atoms with van der Waals surface area (Å²) in [6.07, 6.45) is 3.90. The second-order valence-electron chi connectivity index (χ2n) is 3.98. The number of nitrogens with one attached hydrogen (secondary N) is 1. The maximum Gasteiger partial charge on any atom is 0.0570 e. The van der Waals surface area contributed by atoms with Crippen molar-refractivity contribution in [3.8, 4) is 0 Å². The Hall–Kier alpha value is -1.61. The lowest BCUT2D eigenvalue weighted by molar-refractivity contribution is 0.643. The first kappa shape index (κ1) is 10.9. The van der Waals surface area contributed by atoms with E-state index in [0.717, 1.165) is 18.8 Å². The van der Waals surface area contributed by atoms with E-state index in [2.05, 4.69) is 53.2 Å². The van der Waals surface area contributed by atoms with E-state index >= 15 is 0 Å². The molecule has 0 radical (unpaired) electrons. The highest BCUT2D eigenvalue weighted by molar-refractivity contribution is 5.17. The van der Waals surface area contributed by atoms with Gasteiger partial charge >= 0.3 is 0 Å². The lowest BCUT2D eigenvalue weighted by Gasteiger charge is -2.07. The Bertz CT molecular complexity index is 460. The first-order chi connectivity index (χ1) is 7.77. The monoisotopic (exact) mass is 215 g/mol. The molecule has 0 aliphatic rings. The molecule has 0 fully saturated rings. The molecule has 0 atom stereocenters. The number of hydrogen-bond acceptors (Lipinski definition) is 2. The molecule has 0 aliphatic heterocycles. The predicted octanol–water partition coefficient (Wildman–Crippen LogP) is 2.02. The summed E-state index contributed by atoms with van der Waals surface area (Å²) in [5.74, 6) is 0. The van der Waals surface area contributed by atoms with Gasteiger partial charge in [0.1, 0.15) is 0 Å². The molecule has 2 aromatic rings. The van der Waals surface area contributed by atoms with Crippen LogP contribution >= 0.6 is 0 Å². The fraction of sp³-hybridized carbons (Fsp3) is 0.308. The van der Waals surface area contributed by atoms with E-state index < -0.39 is 0 Å². The fourth-order valence-corrected chi connectivity index (χ4v) is 1.69. The molecule has 16 heavy (non-hydrogen) atoms. The molecule has 2 aromatic heterocycles. The van der Waals surface area contributed by atoms with E-state index in [4.69, 9.17) is 0 Å². The molecule has 0 unspecified atom stereocenters. The smallest absolute Gasteiger partial charge is 0.0570 e. The molecule has 1 N–H and O–H groups in total. The molecule has 2 rings (SSSR count). The molecule has 0 amide bonds. The third kappa shape index (κ3) is 2.49. The summed E-state index contributed by atoms with van der Waals surface area (Å²) >= 11 is 0. The van der Waals surface area contributed by atoms with Gasteiger partial charge in [0.25, 0.3) is 0 Å². The minimum absolute atomic E-state index is 0.817. The van der Waals surface area contributed by atoms with Crippen molar-refractivity contribution in [1.82, 2.24) is 14.9 Å². The van der Waals surface area contributed by atoms with E-state index in [1.54, 1.807) is 0 Å². The zero-order valence-corrected chi connectivity index (χ0v) is 9.77. The maximum absolute atomic E-state index is 4.35. The summed E-state index contributed by atoms with van der Waals surface area (Å²) in [5, 5.41) is 3.40. The van der Waals surface area contributed by atoms with Gasteiger partial charge in [0, 0.05) is 38.2 Å². The SMILES string of the molecule is Cc1cccnc1CNCc1cccn1C. The minimum atomic E-state index is 0.817. The molecular weight excluding hydrogens is 198 g/mol. The van der Waals surface area contributed by atoms with Crippen molar-refractivity contribution in [2.75, 3.05) is 0 Å². The standard InChI is InChI=1S/C13H17N3/c1-11-5-3-7-15-13(11)10-14-9-12-6-4-8-16(12)2/h3-8,14H,9-10H2,1-2H3. The lowest BCUT2D eigenvalue weighted by Crippen LogP contribution is -2.16. The zero-order chi connectivity index (χ0) is 11.4. The van der Waals surface area contributed by atoms with Gasteiger partial charge in [-0.2, -0.15) is 0 Å². The van der Waals surface area contributed by atoms with E-state index in [0.29, 0.717) is 0 Å². The van der Waals surface area contributed by atoms with Crippen LogP contribution in [0.3, 0.4) is 0 Å². The quantitative estimate of drug-likeness (QED) is 0.845. The van der Waals surface area contributed by atoms with Crippen molar-refractivity contribution in [3.05, 3.63) is 53.6 Å². The second-order valence-corrected chi connectivity index (χ2v) is 3.98. The Morgan fingerprint density at radius 3 is 2.81 bits per heavy atom. The van der Waals surface area contributed by atoms with Crippen molar-refractivity contribution in [2.45, 2.75) is 20.0 Å². The summed E-state index contributed by atoms with van der Waals surface area (Å²) < 4.78 is 2.12. The van der Waals surface area contributed by atoms with E-state index in [1.807, 2.05) is 12.3 Å². The fourth-order valence-electron chi connectivity index (χ4n) is 1.69. The van der Waals surface area contributed by atoms with Gasteiger partial charge in [-0.1, -0.05) is 6.07 Å². The Balaban J connectivity index is 1.89. The number of nitrogens with zero attached hydrogens (tertiary/aromatic N) is 2. The Labute approximate surface area is 96.1 Å². The number of pyridine rings is 1. The minimum Gasteiger partial charge on any atom is -0.353 e. The van der Waals surface area contributed by atoms with Gasteiger partial charge in [0.2, 0.25) is 0 Å². The van der Waals surface area contributed by atoms with Crippen LogP contribution in [-0.2, 0) is 20.1 Å². The van der Waals surface area contributed by atoms with Crippen LogP contribution in [0.25, 0.3) is 0 Å². The van der Waals surface area contributed by atoms with E-state index in [9.17, 15) is 0 Å². The van der Waals surface area contributed by atoms with Crippen molar-refractivity contribution in [1.29, 1.82) is 0 Å². The van der Waals surface area contributed by atoms with Crippen molar-refractivity contribution < 1.29 is 0 Å². The number of aromatic nitrogens is 2. The molecular formula is C13H17N3. The molecule has 0 bridgehead atoms. The largest absolute Gasteiger partial charge is 0.353 e. The second kappa shape index (κ2) is 4.94. The Morgan fingerprint density at radius 2 is 2.12 bits per heavy atom. The highest BCUT2D eigenvalue weighted by Gasteiger charge is 1.99. The van der Waals surface area contributed by atoms with Gasteiger partial charge in [-0.15, -0.1) is 0 Å². The van der Waals surface area contributed by atoms with Crippen molar-refractivity contribution in [2.24, 2.45) is 7.05 Å². The van der Waals surface area contributed by atoms with Crippen LogP contribution < -0.4 is 5.32 Å². The van der Waals surface area contributed by atoms with Crippen LogP contribution in [0.2, 0.25) is 0 Å². The number of hydrogen-bond donors (Lipinski definition) is 1. The van der Waals surface area contributed by atoms with Crippen LogP contribution in [0.4, 0.5) is 0 Å². The first-order valence-corrected chi connectivity index (χ1v) is 5.49. The topological polar surface area (TPSA) is 29.9 Å². The number of aryl methyl sites for hydroxylation is 2. The average Bonchev–Trinajstić information content (AvgIpc) is 2.67. The Morgan fingerprint density at radius 1 is 1.25 bits per heavy atom. The maximum atomic E-state index is 4.35. The highest BCUT2D eigenvalue weighted by Crippen LogP contribution is 2.03. The van der Waals surface area contributed by atoms with Crippen molar-refractivity contribution >= 4 is 0 Å². The Kier molecular flexibility index (Phi) is 3.37. The average molecular weight is 215 g/mol. The molecule has 0 spiro atoms. The summed E-state index contributed by atoms with van der Waals surface area (Å²) in [7, 11) is 2.06. The molecule has 0 aromatic carbocycles. The van der Waals surface area contributed by atoms with Crippen LogP contribution in [0, 0.1) is 6.92 Å². The van der Waals surface area contributed by atoms with Crippen LogP contribution in [0.1, 0.15) is 17.0 Å². The lowest BCUT2D eigenvalue weighted by atomic mass is 10.2. The van der Waals surface area contributed by atoms with E-state index in [1.165, 1.54) is 11.3 Å². The van der Waals surface area contributed by atoms with Gasteiger partial charge < -0.3 is 9.88 Å². The predicted molar refractivity (Wildman–Crippen MR) is 64.9 cm³/mol. The summed E-state index contributed by atoms with van der Waals surface area (Å²) in [5.41, 5.74) is 3.65. The van der Waals surface area contributed by atoms with Crippen LogP contribution in [0.15, 0.2) is 36.7 Å². The van der Waals surface area contributed by atoms with Gasteiger partial charge in [-0.3, -0.25) is 4.98 Å². The molecule has 84 valence electrons. The molecule has 2 heterocycles. The molecule has 0 aliphatic carbocycles. The molecule has 3 heteroatoms. The zero-order valence-electron chi connectivity index (χ0n) is 9.77. The number of rotatable bonds is 4. The molecule has 3 nitrogen and oxygen atoms in total. The van der Waals surface area contributed by atoms with Gasteiger partial charge in [0.15, 0.2) is 0 Å². The molecule has 0 saturated carbocycles. The normalized spacial score (nSPS) is 10.6. The summed E-state index contributed by atoms with van der Waals surface area (Å²) in [6, 6.07) is 8.24. The van der Waals surface area contributed by atoms with Gasteiger partial charge in [0.05, 0.1) is 5.69 Å². The first-order valence-electron chi connectivity index (χ1n) is 5.49. The molecule has 0 saturated heterocycles.